The van der Waals surface area contributed by atoms with Crippen LogP contribution in [-0.4, -0.2) is 18.4 Å². The Morgan fingerprint density at radius 3 is 2.72 bits per heavy atom. The number of halogens is 2. The lowest BCUT2D eigenvalue weighted by atomic mass is 10.0. The van der Waals surface area contributed by atoms with E-state index in [9.17, 15) is 9.59 Å². The van der Waals surface area contributed by atoms with E-state index in [2.05, 4.69) is 5.32 Å². The molecular weight excluding hydrogens is 359 g/mol. The lowest BCUT2D eigenvalue weighted by molar-refractivity contribution is -0.118. The topological polar surface area (TPSA) is 49.4 Å². The Morgan fingerprint density at radius 1 is 1.16 bits per heavy atom. The van der Waals surface area contributed by atoms with Crippen LogP contribution in [0.3, 0.4) is 0 Å². The lowest BCUT2D eigenvalue weighted by Crippen LogP contribution is -2.34. The first kappa shape index (κ1) is 17.8. The number of carbonyl (C=O) groups excluding carboxylic acids is 2. The van der Waals surface area contributed by atoms with E-state index in [1.54, 1.807) is 24.3 Å². The molecule has 1 aliphatic heterocycles. The largest absolute Gasteiger partial charge is 0.322 e. The number of amides is 2. The molecule has 1 heterocycles. The molecule has 25 heavy (non-hydrogen) atoms. The van der Waals surface area contributed by atoms with Crippen molar-refractivity contribution in [3.63, 3.8) is 0 Å². The first-order valence-electron chi connectivity index (χ1n) is 8.19. The van der Waals surface area contributed by atoms with E-state index >= 15 is 0 Å². The summed E-state index contributed by atoms with van der Waals surface area (Å²) in [6.45, 7) is 2.60. The Kier molecular flexibility index (Phi) is 5.30. The molecule has 2 amide bonds. The van der Waals surface area contributed by atoms with E-state index in [-0.39, 0.29) is 11.8 Å². The quantitative estimate of drug-likeness (QED) is 0.824. The van der Waals surface area contributed by atoms with E-state index in [0.29, 0.717) is 27.7 Å². The van der Waals surface area contributed by atoms with Crippen molar-refractivity contribution in [2.45, 2.75) is 26.2 Å². The Bertz CT molecular complexity index is 836. The summed E-state index contributed by atoms with van der Waals surface area (Å²) in [7, 11) is 0. The van der Waals surface area contributed by atoms with Gasteiger partial charge in [0.2, 0.25) is 5.91 Å². The van der Waals surface area contributed by atoms with Crippen LogP contribution in [0, 0.1) is 0 Å². The number of fused-ring (bicyclic) bond motifs is 1. The summed E-state index contributed by atoms with van der Waals surface area (Å²) in [6, 6.07) is 10.4. The molecule has 2 aromatic rings. The van der Waals surface area contributed by atoms with E-state index in [1.165, 1.54) is 0 Å². The van der Waals surface area contributed by atoms with Gasteiger partial charge in [0, 0.05) is 29.4 Å². The van der Waals surface area contributed by atoms with Crippen LogP contribution in [0.1, 0.15) is 35.7 Å². The summed E-state index contributed by atoms with van der Waals surface area (Å²) in [5.74, 6) is -0.201. The number of hydrogen-bond acceptors (Lipinski definition) is 2. The highest BCUT2D eigenvalue weighted by atomic mass is 35.5. The zero-order valence-electron chi connectivity index (χ0n) is 13.8. The van der Waals surface area contributed by atoms with Gasteiger partial charge in [-0.2, -0.15) is 0 Å². The zero-order valence-corrected chi connectivity index (χ0v) is 15.3. The maximum Gasteiger partial charge on any atom is 0.257 e. The Labute approximate surface area is 156 Å². The third-order valence-corrected chi connectivity index (χ3v) is 4.80. The number of benzene rings is 2. The number of aryl methyl sites for hydroxylation is 1. The fraction of sp³-hybridized carbons (Fsp3) is 0.263. The molecule has 130 valence electrons. The Hall–Kier alpha value is -2.04. The van der Waals surface area contributed by atoms with Crippen molar-refractivity contribution < 1.29 is 9.59 Å². The van der Waals surface area contributed by atoms with Crippen molar-refractivity contribution in [3.05, 3.63) is 57.6 Å². The summed E-state index contributed by atoms with van der Waals surface area (Å²) < 4.78 is 0. The van der Waals surface area contributed by atoms with Crippen molar-refractivity contribution in [2.75, 3.05) is 16.8 Å². The van der Waals surface area contributed by atoms with Crippen LogP contribution in [0.5, 0.6) is 0 Å². The van der Waals surface area contributed by atoms with Gasteiger partial charge in [0.05, 0.1) is 10.6 Å². The van der Waals surface area contributed by atoms with Gasteiger partial charge in [-0.25, -0.2) is 0 Å². The van der Waals surface area contributed by atoms with Crippen LogP contribution in [0.25, 0.3) is 0 Å². The molecule has 0 aromatic heterocycles. The molecule has 1 N–H and O–H groups in total. The van der Waals surface area contributed by atoms with Gasteiger partial charge < -0.3 is 10.2 Å². The molecule has 6 heteroatoms. The molecule has 2 aromatic carbocycles. The summed E-state index contributed by atoms with van der Waals surface area (Å²) >= 11 is 12.0. The number of nitrogens with one attached hydrogen (secondary N) is 1. The van der Waals surface area contributed by atoms with Crippen LogP contribution in [0.2, 0.25) is 10.0 Å². The van der Waals surface area contributed by atoms with Gasteiger partial charge in [0.1, 0.15) is 0 Å². The molecule has 1 aliphatic rings. The smallest absolute Gasteiger partial charge is 0.257 e. The van der Waals surface area contributed by atoms with Crippen molar-refractivity contribution in [2.24, 2.45) is 0 Å². The fourth-order valence-corrected chi connectivity index (χ4v) is 3.37. The molecule has 0 atom stereocenters. The van der Waals surface area contributed by atoms with Crippen molar-refractivity contribution >= 4 is 46.4 Å². The SMILES string of the molecule is CCC(=O)N1CCCc2cc(NC(=O)c3cc(Cl)ccc3Cl)ccc21. The number of nitrogens with zero attached hydrogens (tertiary/aromatic N) is 1. The highest BCUT2D eigenvalue weighted by Gasteiger charge is 2.22. The van der Waals surface area contributed by atoms with Gasteiger partial charge in [0.15, 0.2) is 0 Å². The number of carbonyl (C=O) groups is 2. The molecule has 3 rings (SSSR count). The molecule has 0 spiro atoms. The number of anilines is 2. The van der Waals surface area contributed by atoms with E-state index in [1.807, 2.05) is 24.0 Å². The van der Waals surface area contributed by atoms with Crippen molar-refractivity contribution in [1.29, 1.82) is 0 Å². The molecular formula is C19H18Cl2N2O2. The second kappa shape index (κ2) is 7.46. The third-order valence-electron chi connectivity index (χ3n) is 4.23. The Balaban J connectivity index is 1.84. The molecule has 0 radical (unpaired) electrons. The standard InChI is InChI=1S/C19H18Cl2N2O2/c1-2-18(24)23-9-3-4-12-10-14(6-8-17(12)23)22-19(25)15-11-13(20)5-7-16(15)21/h5-8,10-11H,2-4,9H2,1H3,(H,22,25). The maximum atomic E-state index is 12.5. The molecule has 0 unspecified atom stereocenters. The highest BCUT2D eigenvalue weighted by Crippen LogP contribution is 2.30. The predicted octanol–water partition coefficient (Wildman–Crippen LogP) is 4.93. The average molecular weight is 377 g/mol. The van der Waals surface area contributed by atoms with Crippen LogP contribution in [0.15, 0.2) is 36.4 Å². The highest BCUT2D eigenvalue weighted by molar-refractivity contribution is 6.36. The van der Waals surface area contributed by atoms with Gasteiger partial charge in [-0.15, -0.1) is 0 Å². The molecule has 4 nitrogen and oxygen atoms in total. The monoisotopic (exact) mass is 376 g/mol. The van der Waals surface area contributed by atoms with Crippen LogP contribution < -0.4 is 10.2 Å². The minimum Gasteiger partial charge on any atom is -0.322 e. The number of hydrogen-bond donors (Lipinski definition) is 1. The van der Waals surface area contributed by atoms with Crippen LogP contribution >= 0.6 is 23.2 Å². The summed E-state index contributed by atoms with van der Waals surface area (Å²) in [5.41, 5.74) is 2.99. The first-order valence-corrected chi connectivity index (χ1v) is 8.95. The summed E-state index contributed by atoms with van der Waals surface area (Å²) in [5, 5.41) is 3.65. The molecule has 0 saturated carbocycles. The summed E-state index contributed by atoms with van der Waals surface area (Å²) in [6.07, 6.45) is 2.27. The van der Waals surface area contributed by atoms with Crippen molar-refractivity contribution in [1.82, 2.24) is 0 Å². The Morgan fingerprint density at radius 2 is 1.96 bits per heavy atom. The maximum absolute atomic E-state index is 12.5. The van der Waals surface area contributed by atoms with Gasteiger partial charge in [0.25, 0.3) is 5.91 Å². The predicted molar refractivity (Wildman–Crippen MR) is 102 cm³/mol. The second-order valence-electron chi connectivity index (χ2n) is 5.92. The van der Waals surface area contributed by atoms with E-state index in [4.69, 9.17) is 23.2 Å². The zero-order chi connectivity index (χ0) is 18.0. The van der Waals surface area contributed by atoms with Crippen LogP contribution in [0.4, 0.5) is 11.4 Å². The van der Waals surface area contributed by atoms with Gasteiger partial charge >= 0.3 is 0 Å². The van der Waals surface area contributed by atoms with Crippen molar-refractivity contribution in [3.8, 4) is 0 Å². The summed E-state index contributed by atoms with van der Waals surface area (Å²) in [4.78, 5) is 26.3. The minimum atomic E-state index is -0.315. The average Bonchev–Trinajstić information content (AvgIpc) is 2.62. The number of rotatable bonds is 3. The lowest BCUT2D eigenvalue weighted by Gasteiger charge is -2.29. The first-order chi connectivity index (χ1) is 12.0. The molecule has 0 bridgehead atoms. The van der Waals surface area contributed by atoms with Crippen LogP contribution in [-0.2, 0) is 11.2 Å². The minimum absolute atomic E-state index is 0.114. The molecule has 0 fully saturated rings. The van der Waals surface area contributed by atoms with Gasteiger partial charge in [-0.1, -0.05) is 30.1 Å². The van der Waals surface area contributed by atoms with Gasteiger partial charge in [-0.3, -0.25) is 9.59 Å². The fourth-order valence-electron chi connectivity index (χ4n) is 2.99. The normalized spacial score (nSPS) is 13.3. The van der Waals surface area contributed by atoms with E-state index in [0.717, 1.165) is 30.6 Å². The van der Waals surface area contributed by atoms with E-state index < -0.39 is 0 Å². The second-order valence-corrected chi connectivity index (χ2v) is 6.77. The third kappa shape index (κ3) is 3.80. The molecule has 0 aliphatic carbocycles. The van der Waals surface area contributed by atoms with Gasteiger partial charge in [-0.05, 0) is 54.8 Å². The molecule has 0 saturated heterocycles.